The average molecular weight is 545 g/mol. The van der Waals surface area contributed by atoms with Gasteiger partial charge in [0.1, 0.15) is 11.6 Å². The van der Waals surface area contributed by atoms with E-state index in [1.807, 2.05) is 36.4 Å². The first-order valence-corrected chi connectivity index (χ1v) is 13.1. The number of anilines is 2. The highest BCUT2D eigenvalue weighted by Crippen LogP contribution is 2.37. The number of pyridine rings is 1. The third-order valence-corrected chi connectivity index (χ3v) is 7.67. The quantitative estimate of drug-likeness (QED) is 0.341. The number of benzene rings is 2. The fourth-order valence-electron chi connectivity index (χ4n) is 4.73. The van der Waals surface area contributed by atoms with Gasteiger partial charge in [0, 0.05) is 42.4 Å². The van der Waals surface area contributed by atoms with Gasteiger partial charge in [-0.25, -0.2) is 14.4 Å². The van der Waals surface area contributed by atoms with Crippen LogP contribution >= 0.6 is 11.3 Å². The molecule has 8 nitrogen and oxygen atoms in total. The van der Waals surface area contributed by atoms with Crippen LogP contribution < -0.4 is 9.80 Å². The van der Waals surface area contributed by atoms with E-state index in [4.69, 9.17) is 0 Å². The van der Waals surface area contributed by atoms with Crippen molar-refractivity contribution in [2.24, 2.45) is 5.92 Å². The van der Waals surface area contributed by atoms with E-state index in [9.17, 15) is 23.9 Å². The minimum absolute atomic E-state index is 0.0423. The maximum atomic E-state index is 14.4. The predicted octanol–water partition coefficient (Wildman–Crippen LogP) is 4.83. The second kappa shape index (κ2) is 10.7. The molecule has 1 aliphatic rings. The molecule has 198 valence electrons. The number of aliphatic carboxylic acids is 1. The van der Waals surface area contributed by atoms with Crippen LogP contribution in [0.4, 0.5) is 15.3 Å². The molecule has 10 heteroatoms. The van der Waals surface area contributed by atoms with Gasteiger partial charge in [-0.15, -0.1) is 11.3 Å². The van der Waals surface area contributed by atoms with Crippen molar-refractivity contribution in [3.05, 3.63) is 83.1 Å². The van der Waals surface area contributed by atoms with Crippen LogP contribution in [0.15, 0.2) is 66.2 Å². The number of carboxylic acid groups (broad SMARTS) is 1. The van der Waals surface area contributed by atoms with E-state index in [0.717, 1.165) is 16.7 Å². The molecule has 0 fully saturated rings. The van der Waals surface area contributed by atoms with Gasteiger partial charge in [0.05, 0.1) is 24.5 Å². The van der Waals surface area contributed by atoms with Crippen LogP contribution in [-0.4, -0.2) is 47.0 Å². The first-order valence-electron chi connectivity index (χ1n) is 12.3. The predicted molar refractivity (Wildman–Crippen MR) is 147 cm³/mol. The molecule has 0 aliphatic carbocycles. The van der Waals surface area contributed by atoms with Crippen LogP contribution in [0.5, 0.6) is 0 Å². The first kappa shape index (κ1) is 26.2. The number of carbonyl (C=O) groups excluding carboxylic acids is 2. The van der Waals surface area contributed by atoms with E-state index in [1.165, 1.54) is 33.3 Å². The molecule has 0 bridgehead atoms. The molecule has 2 aromatic carbocycles. The lowest BCUT2D eigenvalue weighted by Crippen LogP contribution is -2.35. The van der Waals surface area contributed by atoms with Crippen LogP contribution in [0.1, 0.15) is 17.5 Å². The maximum Gasteiger partial charge on any atom is 0.304 e. The monoisotopic (exact) mass is 544 g/mol. The number of likely N-dealkylation sites (N-methyl/N-ethyl adjacent to an activating group) is 1. The molecule has 1 aliphatic heterocycles. The second-order valence-corrected chi connectivity index (χ2v) is 10.3. The van der Waals surface area contributed by atoms with E-state index in [0.29, 0.717) is 27.8 Å². The molecule has 5 rings (SSSR count). The number of thiazole rings is 1. The van der Waals surface area contributed by atoms with Crippen molar-refractivity contribution >= 4 is 40.1 Å². The van der Waals surface area contributed by atoms with Gasteiger partial charge in [-0.05, 0) is 35.7 Å². The molecule has 1 N–H and O–H groups in total. The number of hydrogen-bond donors (Lipinski definition) is 1. The van der Waals surface area contributed by atoms with Gasteiger partial charge in [-0.1, -0.05) is 36.4 Å². The van der Waals surface area contributed by atoms with Crippen LogP contribution in [0, 0.1) is 11.7 Å². The van der Waals surface area contributed by atoms with Gasteiger partial charge in [0.15, 0.2) is 5.13 Å². The summed E-state index contributed by atoms with van der Waals surface area (Å²) in [5, 5.41) is 11.5. The lowest BCUT2D eigenvalue weighted by atomic mass is 9.95. The van der Waals surface area contributed by atoms with Gasteiger partial charge in [-0.3, -0.25) is 24.2 Å². The number of carbonyl (C=O) groups is 3. The SMILES string of the molecule is CN(C(=O)C(CC(=O)O)Cc1ccccc1)c1nc(-c2cc(F)ccc2-c2cnc3c(c2)CC(=O)N3C)cs1. The fraction of sp³-hybridized carbons (Fsp3) is 0.207. The average Bonchev–Trinajstić information content (AvgIpc) is 3.52. The number of amides is 2. The Morgan fingerprint density at radius 1 is 1.15 bits per heavy atom. The summed E-state index contributed by atoms with van der Waals surface area (Å²) in [6, 6.07) is 15.5. The summed E-state index contributed by atoms with van der Waals surface area (Å²) in [5.74, 6) is -2.07. The van der Waals surface area contributed by atoms with E-state index >= 15 is 0 Å². The molecule has 0 spiro atoms. The number of fused-ring (bicyclic) bond motifs is 1. The van der Waals surface area contributed by atoms with Crippen LogP contribution in [0.2, 0.25) is 0 Å². The van der Waals surface area contributed by atoms with Gasteiger partial charge in [0.2, 0.25) is 11.8 Å². The molecule has 0 saturated heterocycles. The first-order chi connectivity index (χ1) is 18.7. The number of halogens is 1. The van der Waals surface area contributed by atoms with Crippen LogP contribution in [-0.2, 0) is 27.2 Å². The summed E-state index contributed by atoms with van der Waals surface area (Å²) in [7, 11) is 3.24. The zero-order valence-electron chi connectivity index (χ0n) is 21.3. The van der Waals surface area contributed by atoms with Gasteiger partial charge >= 0.3 is 5.97 Å². The van der Waals surface area contributed by atoms with Crippen molar-refractivity contribution < 1.29 is 23.9 Å². The highest BCUT2D eigenvalue weighted by atomic mass is 32.1. The van der Waals surface area contributed by atoms with Gasteiger partial charge in [-0.2, -0.15) is 0 Å². The highest BCUT2D eigenvalue weighted by molar-refractivity contribution is 7.14. The van der Waals surface area contributed by atoms with Crippen molar-refractivity contribution in [2.45, 2.75) is 19.3 Å². The largest absolute Gasteiger partial charge is 0.481 e. The van der Waals surface area contributed by atoms with Crippen LogP contribution in [0.3, 0.4) is 0 Å². The van der Waals surface area contributed by atoms with Crippen LogP contribution in [0.25, 0.3) is 22.4 Å². The topological polar surface area (TPSA) is 104 Å². The summed E-state index contributed by atoms with van der Waals surface area (Å²) >= 11 is 1.21. The zero-order valence-corrected chi connectivity index (χ0v) is 22.1. The zero-order chi connectivity index (χ0) is 27.7. The van der Waals surface area contributed by atoms with Crippen molar-refractivity contribution in [1.82, 2.24) is 9.97 Å². The molecule has 2 amide bonds. The number of aromatic nitrogens is 2. The van der Waals surface area contributed by atoms with E-state index in [2.05, 4.69) is 9.97 Å². The van der Waals surface area contributed by atoms with Crippen molar-refractivity contribution in [3.8, 4) is 22.4 Å². The molecule has 1 unspecified atom stereocenters. The Hall–Kier alpha value is -4.44. The lowest BCUT2D eigenvalue weighted by Gasteiger charge is -2.21. The molecule has 1 atom stereocenters. The Kier molecular flexibility index (Phi) is 7.21. The third kappa shape index (κ3) is 5.42. The highest BCUT2D eigenvalue weighted by Gasteiger charge is 2.28. The number of hydrogen-bond acceptors (Lipinski definition) is 6. The maximum absolute atomic E-state index is 14.4. The number of carboxylic acids is 1. The molecule has 4 aromatic rings. The van der Waals surface area contributed by atoms with E-state index in [1.54, 1.807) is 31.7 Å². The molecule has 0 saturated carbocycles. The van der Waals surface area contributed by atoms with Crippen molar-refractivity contribution in [3.63, 3.8) is 0 Å². The van der Waals surface area contributed by atoms with E-state index < -0.39 is 17.7 Å². The molecule has 2 aromatic heterocycles. The van der Waals surface area contributed by atoms with Gasteiger partial charge < -0.3 is 5.11 Å². The summed E-state index contributed by atoms with van der Waals surface area (Å²) < 4.78 is 14.4. The Bertz CT molecular complexity index is 1570. The standard InChI is InChI=1S/C29H25FN4O4S/c1-33-25(35)12-18-11-20(15-31-27(18)33)22-9-8-21(30)14-23(22)24-16-39-29(32-24)34(2)28(38)19(13-26(36)37)10-17-6-4-3-5-7-17/h3-9,11,14-16,19H,10,12-13H2,1-2H3,(H,36,37). The Labute approximate surface area is 228 Å². The Morgan fingerprint density at radius 2 is 1.92 bits per heavy atom. The number of nitrogens with zero attached hydrogens (tertiary/aromatic N) is 4. The summed E-state index contributed by atoms with van der Waals surface area (Å²) in [6.45, 7) is 0. The normalized spacial score (nSPS) is 13.3. The van der Waals surface area contributed by atoms with E-state index in [-0.39, 0.29) is 31.1 Å². The molecule has 3 heterocycles. The minimum Gasteiger partial charge on any atom is -0.481 e. The minimum atomic E-state index is -1.06. The fourth-order valence-corrected chi connectivity index (χ4v) is 5.52. The smallest absolute Gasteiger partial charge is 0.304 e. The van der Waals surface area contributed by atoms with Crippen molar-refractivity contribution in [1.29, 1.82) is 0 Å². The third-order valence-electron chi connectivity index (χ3n) is 6.75. The second-order valence-electron chi connectivity index (χ2n) is 9.42. The Morgan fingerprint density at radius 3 is 2.67 bits per heavy atom. The molecular weight excluding hydrogens is 519 g/mol. The lowest BCUT2D eigenvalue weighted by molar-refractivity contribution is -0.140. The molecular formula is C29H25FN4O4S. The Balaban J connectivity index is 1.44. The number of rotatable bonds is 8. The molecule has 0 radical (unpaired) electrons. The summed E-state index contributed by atoms with van der Waals surface area (Å²) in [4.78, 5) is 48.9. The summed E-state index contributed by atoms with van der Waals surface area (Å²) in [5.41, 5.74) is 4.05. The summed E-state index contributed by atoms with van der Waals surface area (Å²) in [6.07, 6.45) is 1.87. The van der Waals surface area contributed by atoms with Crippen molar-refractivity contribution in [2.75, 3.05) is 23.9 Å². The molecule has 39 heavy (non-hydrogen) atoms. The van der Waals surface area contributed by atoms with Gasteiger partial charge in [0.25, 0.3) is 0 Å².